The second-order valence-electron chi connectivity index (χ2n) is 9.63. The van der Waals surface area contributed by atoms with Crippen molar-refractivity contribution >= 4 is 59.0 Å². The maximum atomic E-state index is 13.1. The van der Waals surface area contributed by atoms with Crippen molar-refractivity contribution in [3.05, 3.63) is 64.6 Å². The zero-order valence-electron chi connectivity index (χ0n) is 23.4. The molecular formula is C28H33ClN10O4. The Labute approximate surface area is 252 Å². The van der Waals surface area contributed by atoms with Gasteiger partial charge in [-0.1, -0.05) is 24.4 Å². The van der Waals surface area contributed by atoms with Crippen LogP contribution in [0.3, 0.4) is 0 Å². The van der Waals surface area contributed by atoms with E-state index in [1.54, 1.807) is 42.5 Å². The van der Waals surface area contributed by atoms with Gasteiger partial charge in [0.05, 0.1) is 18.8 Å². The lowest BCUT2D eigenvalue weighted by atomic mass is 10.0. The van der Waals surface area contributed by atoms with E-state index in [2.05, 4.69) is 30.8 Å². The Morgan fingerprint density at radius 1 is 1.19 bits per heavy atom. The van der Waals surface area contributed by atoms with Crippen LogP contribution in [0.1, 0.15) is 53.6 Å². The summed E-state index contributed by atoms with van der Waals surface area (Å²) >= 11 is 6.16. The zero-order valence-corrected chi connectivity index (χ0v) is 24.1. The standard InChI is InChI=1S/C28H33ClN10O4/c1-43-28(42)35-18-8-9-19-21(14-18)33-12-4-2-3-5-20(27-37-24(19)25(38-27)26(30)41)36-23(40)11-6-16-13-17(29)7-10-22(16)39(32)15-34-31/h6-11,13-15,20,33H,2-5,12,31-32H2,1H3,(H2,30,41)(H,35,42)(H,36,40)(H,37,38)/b11-6+,34-15-/t20-/m0/s1. The predicted molar refractivity (Wildman–Crippen MR) is 166 cm³/mol. The van der Waals surface area contributed by atoms with Crippen LogP contribution < -0.4 is 38.4 Å². The number of nitrogens with zero attached hydrogens (tertiary/aromatic N) is 3. The highest BCUT2D eigenvalue weighted by Crippen LogP contribution is 2.34. The molecule has 0 saturated heterocycles. The molecule has 0 aliphatic carbocycles. The number of imidazole rings is 1. The van der Waals surface area contributed by atoms with E-state index < -0.39 is 23.9 Å². The number of ether oxygens (including phenoxy) is 1. The first-order valence-corrected chi connectivity index (χ1v) is 13.8. The average Bonchev–Trinajstić information content (AvgIpc) is 3.42. The van der Waals surface area contributed by atoms with Gasteiger partial charge in [-0.3, -0.25) is 19.9 Å². The second-order valence-corrected chi connectivity index (χ2v) is 10.1. The number of carbonyl (C=O) groups excluding carboxylic acids is 3. The summed E-state index contributed by atoms with van der Waals surface area (Å²) < 4.78 is 4.69. The number of primary amides is 1. The number of H-pyrrole nitrogens is 1. The highest BCUT2D eigenvalue weighted by molar-refractivity contribution is 6.30. The van der Waals surface area contributed by atoms with E-state index in [9.17, 15) is 14.4 Å². The van der Waals surface area contributed by atoms with Crippen molar-refractivity contribution in [3.8, 4) is 11.3 Å². The smallest absolute Gasteiger partial charge is 0.411 e. The number of methoxy groups -OCH3 is 1. The summed E-state index contributed by atoms with van der Waals surface area (Å²) in [5, 5.41) is 14.1. The molecule has 0 radical (unpaired) electrons. The Morgan fingerprint density at radius 2 is 2.00 bits per heavy atom. The molecule has 43 heavy (non-hydrogen) atoms. The number of halogens is 1. The molecule has 14 nitrogen and oxygen atoms in total. The number of anilines is 3. The van der Waals surface area contributed by atoms with E-state index in [4.69, 9.17) is 34.0 Å². The lowest BCUT2D eigenvalue weighted by Gasteiger charge is -2.18. The molecule has 1 aliphatic rings. The number of benzene rings is 2. The van der Waals surface area contributed by atoms with Crippen molar-refractivity contribution < 1.29 is 19.1 Å². The van der Waals surface area contributed by atoms with E-state index >= 15 is 0 Å². The number of amides is 3. The van der Waals surface area contributed by atoms with Gasteiger partial charge in [-0.05, 0) is 55.3 Å². The van der Waals surface area contributed by atoms with Gasteiger partial charge in [0.2, 0.25) is 5.91 Å². The molecule has 0 unspecified atom stereocenters. The molecular weight excluding hydrogens is 576 g/mol. The molecule has 226 valence electrons. The summed E-state index contributed by atoms with van der Waals surface area (Å²) in [7, 11) is 1.28. The van der Waals surface area contributed by atoms with Gasteiger partial charge in [0.1, 0.15) is 23.6 Å². The second kappa shape index (κ2) is 14.2. The van der Waals surface area contributed by atoms with Gasteiger partial charge in [0, 0.05) is 40.1 Å². The van der Waals surface area contributed by atoms with Crippen LogP contribution in [0.4, 0.5) is 21.9 Å². The molecule has 1 atom stereocenters. The number of aromatic amines is 1. The highest BCUT2D eigenvalue weighted by atomic mass is 35.5. The number of nitrogens with one attached hydrogen (secondary N) is 4. The van der Waals surface area contributed by atoms with Crippen LogP contribution in [0.2, 0.25) is 5.02 Å². The summed E-state index contributed by atoms with van der Waals surface area (Å²) in [5.41, 5.74) is 8.95. The van der Waals surface area contributed by atoms with Crippen molar-refractivity contribution in [2.75, 3.05) is 29.3 Å². The molecule has 0 spiro atoms. The maximum Gasteiger partial charge on any atom is 0.411 e. The molecule has 15 heteroatoms. The maximum absolute atomic E-state index is 13.1. The molecule has 0 fully saturated rings. The molecule has 3 aromatic rings. The van der Waals surface area contributed by atoms with Crippen molar-refractivity contribution in [2.45, 2.75) is 31.7 Å². The number of carbonyl (C=O) groups is 3. The number of aromatic nitrogens is 2. The fourth-order valence-corrected chi connectivity index (χ4v) is 4.82. The topological polar surface area (TPSA) is 219 Å². The first-order valence-electron chi connectivity index (χ1n) is 13.4. The molecule has 0 saturated carbocycles. The van der Waals surface area contributed by atoms with E-state index in [0.717, 1.165) is 19.3 Å². The highest BCUT2D eigenvalue weighted by Gasteiger charge is 2.25. The molecule has 4 rings (SSSR count). The lowest BCUT2D eigenvalue weighted by molar-refractivity contribution is -0.117. The average molecular weight is 609 g/mol. The monoisotopic (exact) mass is 608 g/mol. The predicted octanol–water partition coefficient (Wildman–Crippen LogP) is 3.45. The minimum absolute atomic E-state index is 0.0916. The molecule has 3 amide bonds. The Balaban J connectivity index is 1.66. The number of hydrazine groups is 1. The number of nitrogens with two attached hydrogens (primary N) is 3. The van der Waals surface area contributed by atoms with E-state index in [1.807, 2.05) is 0 Å². The normalized spacial score (nSPS) is 15.1. The molecule has 2 bridgehead atoms. The van der Waals surface area contributed by atoms with E-state index in [1.165, 1.54) is 24.5 Å². The van der Waals surface area contributed by atoms with Crippen LogP contribution in [0, 0.1) is 0 Å². The third kappa shape index (κ3) is 7.81. The quantitative estimate of drug-likeness (QED) is 0.0685. The van der Waals surface area contributed by atoms with Gasteiger partial charge in [-0.2, -0.15) is 5.10 Å². The minimum atomic E-state index is -0.711. The van der Waals surface area contributed by atoms with Crippen LogP contribution in [-0.4, -0.2) is 47.9 Å². The minimum Gasteiger partial charge on any atom is -0.453 e. The van der Waals surface area contributed by atoms with Crippen molar-refractivity contribution in [1.29, 1.82) is 0 Å². The molecule has 1 aromatic heterocycles. The van der Waals surface area contributed by atoms with Gasteiger partial charge in [0.25, 0.3) is 5.91 Å². The van der Waals surface area contributed by atoms with Crippen LogP contribution in [0.15, 0.2) is 47.6 Å². The van der Waals surface area contributed by atoms with Crippen LogP contribution in [0.25, 0.3) is 17.3 Å². The zero-order chi connectivity index (χ0) is 30.9. The van der Waals surface area contributed by atoms with Gasteiger partial charge < -0.3 is 31.9 Å². The van der Waals surface area contributed by atoms with Crippen LogP contribution in [0.5, 0.6) is 0 Å². The Hall–Kier alpha value is -5.08. The number of hydrazone groups is 1. The molecule has 10 N–H and O–H groups in total. The fourth-order valence-electron chi connectivity index (χ4n) is 4.64. The third-order valence-electron chi connectivity index (χ3n) is 6.68. The first kappa shape index (κ1) is 30.9. The third-order valence-corrected chi connectivity index (χ3v) is 6.91. The van der Waals surface area contributed by atoms with Gasteiger partial charge in [0.15, 0.2) is 0 Å². The SMILES string of the molecule is COC(=O)Nc1ccc2c(c1)NCCCCC[C@H](NC(=O)/C=C/c1cc(Cl)ccc1N(N)/C=N\N)c1nc-2c(C(N)=O)[nH]1. The Bertz CT molecular complexity index is 1550. The summed E-state index contributed by atoms with van der Waals surface area (Å²) in [5.74, 6) is 10.5. The number of rotatable bonds is 7. The summed E-state index contributed by atoms with van der Waals surface area (Å²) in [6.07, 6.45) is 6.57. The number of hydrogen-bond donors (Lipinski definition) is 7. The number of hydrogen-bond acceptors (Lipinski definition) is 9. The Morgan fingerprint density at radius 3 is 2.74 bits per heavy atom. The summed E-state index contributed by atoms with van der Waals surface area (Å²) in [6.45, 7) is 0.632. The molecule has 2 heterocycles. The van der Waals surface area contributed by atoms with E-state index in [-0.39, 0.29) is 5.69 Å². The van der Waals surface area contributed by atoms with E-state index in [0.29, 0.717) is 57.7 Å². The van der Waals surface area contributed by atoms with Crippen LogP contribution >= 0.6 is 11.6 Å². The van der Waals surface area contributed by atoms with Gasteiger partial charge in [-0.15, -0.1) is 0 Å². The first-order chi connectivity index (χ1) is 20.7. The van der Waals surface area contributed by atoms with Crippen molar-refractivity contribution in [2.24, 2.45) is 22.5 Å². The van der Waals surface area contributed by atoms with Crippen molar-refractivity contribution in [1.82, 2.24) is 15.3 Å². The fraction of sp³-hybridized carbons (Fsp3) is 0.250. The molecule has 1 aliphatic heterocycles. The van der Waals surface area contributed by atoms with Crippen molar-refractivity contribution in [3.63, 3.8) is 0 Å². The lowest BCUT2D eigenvalue weighted by Crippen LogP contribution is -2.30. The largest absolute Gasteiger partial charge is 0.453 e. The summed E-state index contributed by atoms with van der Waals surface area (Å²) in [4.78, 5) is 45.1. The summed E-state index contributed by atoms with van der Waals surface area (Å²) in [6, 6.07) is 9.54. The van der Waals surface area contributed by atoms with Crippen LogP contribution in [-0.2, 0) is 9.53 Å². The molecule has 2 aromatic carbocycles. The Kier molecular flexibility index (Phi) is 10.2. The number of fused-ring (bicyclic) bond motifs is 4. The van der Waals surface area contributed by atoms with Gasteiger partial charge in [-0.25, -0.2) is 15.6 Å². The van der Waals surface area contributed by atoms with Gasteiger partial charge >= 0.3 is 6.09 Å².